The fourth-order valence-corrected chi connectivity index (χ4v) is 1.39. The Kier molecular flexibility index (Phi) is 3.49. The van der Waals surface area contributed by atoms with Crippen LogP contribution in [0.3, 0.4) is 0 Å². The summed E-state index contributed by atoms with van der Waals surface area (Å²) in [5.74, 6) is 0. The summed E-state index contributed by atoms with van der Waals surface area (Å²) < 4.78 is 22.8. The van der Waals surface area contributed by atoms with Gasteiger partial charge >= 0.3 is 0 Å². The third-order valence-corrected chi connectivity index (χ3v) is 3.00. The summed E-state index contributed by atoms with van der Waals surface area (Å²) in [7, 11) is -2.19. The van der Waals surface area contributed by atoms with Gasteiger partial charge in [-0.3, -0.25) is 0 Å². The standard InChI is InChI=1S/C8H11ClN2O2S/c1-11(14(10,12)13)6-7-2-4-8(9)5-3-7/h2-5H,6H2,1H3,(H2,10,12,13). The Morgan fingerprint density at radius 3 is 2.29 bits per heavy atom. The van der Waals surface area contributed by atoms with Crippen LogP contribution in [0.1, 0.15) is 5.56 Å². The third-order valence-electron chi connectivity index (χ3n) is 1.75. The topological polar surface area (TPSA) is 63.4 Å². The van der Waals surface area contributed by atoms with E-state index in [9.17, 15) is 8.42 Å². The molecule has 0 heterocycles. The maximum atomic E-state index is 10.9. The van der Waals surface area contributed by atoms with E-state index in [1.807, 2.05) is 0 Å². The molecule has 0 saturated carbocycles. The van der Waals surface area contributed by atoms with Crippen molar-refractivity contribution in [1.82, 2.24) is 4.31 Å². The minimum atomic E-state index is -3.61. The Morgan fingerprint density at radius 2 is 1.86 bits per heavy atom. The largest absolute Gasteiger partial charge is 0.276 e. The van der Waals surface area contributed by atoms with Crippen molar-refractivity contribution in [1.29, 1.82) is 0 Å². The summed E-state index contributed by atoms with van der Waals surface area (Å²) >= 11 is 5.68. The Labute approximate surface area is 88.5 Å². The van der Waals surface area contributed by atoms with E-state index >= 15 is 0 Å². The van der Waals surface area contributed by atoms with Gasteiger partial charge in [-0.15, -0.1) is 0 Å². The molecule has 0 aliphatic rings. The molecule has 14 heavy (non-hydrogen) atoms. The van der Waals surface area contributed by atoms with E-state index in [4.69, 9.17) is 16.7 Å². The highest BCUT2D eigenvalue weighted by Crippen LogP contribution is 2.11. The molecule has 2 N–H and O–H groups in total. The van der Waals surface area contributed by atoms with Crippen LogP contribution in [0.15, 0.2) is 24.3 Å². The first-order chi connectivity index (χ1) is 6.39. The van der Waals surface area contributed by atoms with Crippen molar-refractivity contribution >= 4 is 21.8 Å². The first-order valence-corrected chi connectivity index (χ1v) is 5.76. The van der Waals surface area contributed by atoms with Gasteiger partial charge in [-0.1, -0.05) is 23.7 Å². The number of rotatable bonds is 3. The van der Waals surface area contributed by atoms with Crippen LogP contribution in [0.5, 0.6) is 0 Å². The highest BCUT2D eigenvalue weighted by molar-refractivity contribution is 7.86. The normalized spacial score (nSPS) is 12.0. The van der Waals surface area contributed by atoms with Crippen LogP contribution in [0.2, 0.25) is 5.02 Å². The Hall–Kier alpha value is -0.620. The molecular weight excluding hydrogens is 224 g/mol. The van der Waals surface area contributed by atoms with Crippen LogP contribution in [-0.4, -0.2) is 19.8 Å². The second kappa shape index (κ2) is 4.27. The summed E-state index contributed by atoms with van der Waals surface area (Å²) in [4.78, 5) is 0. The number of halogens is 1. The predicted molar refractivity (Wildman–Crippen MR) is 56.0 cm³/mol. The zero-order valence-electron chi connectivity index (χ0n) is 7.64. The third kappa shape index (κ3) is 3.26. The summed E-state index contributed by atoms with van der Waals surface area (Å²) in [5, 5.41) is 5.55. The van der Waals surface area contributed by atoms with Crippen LogP contribution in [-0.2, 0) is 16.8 Å². The van der Waals surface area contributed by atoms with Crippen molar-refractivity contribution in [2.24, 2.45) is 5.14 Å². The molecule has 0 aliphatic carbocycles. The van der Waals surface area contributed by atoms with Crippen LogP contribution < -0.4 is 5.14 Å². The number of hydrogen-bond donors (Lipinski definition) is 1. The first-order valence-electron chi connectivity index (χ1n) is 3.88. The molecule has 0 aliphatic heterocycles. The van der Waals surface area contributed by atoms with Crippen molar-refractivity contribution in [3.8, 4) is 0 Å². The van der Waals surface area contributed by atoms with Gasteiger partial charge in [-0.05, 0) is 17.7 Å². The van der Waals surface area contributed by atoms with E-state index in [2.05, 4.69) is 0 Å². The maximum Gasteiger partial charge on any atom is 0.276 e. The molecule has 6 heteroatoms. The van der Waals surface area contributed by atoms with Gasteiger partial charge in [-0.2, -0.15) is 12.7 Å². The molecule has 0 amide bonds. The van der Waals surface area contributed by atoms with Gasteiger partial charge in [0.05, 0.1) is 0 Å². The van der Waals surface area contributed by atoms with Crippen LogP contribution >= 0.6 is 11.6 Å². The minimum absolute atomic E-state index is 0.246. The van der Waals surface area contributed by atoms with E-state index in [0.29, 0.717) is 5.02 Å². The van der Waals surface area contributed by atoms with Gasteiger partial charge in [-0.25, -0.2) is 5.14 Å². The molecule has 0 aromatic heterocycles. The van der Waals surface area contributed by atoms with Gasteiger partial charge in [0, 0.05) is 18.6 Å². The van der Waals surface area contributed by atoms with Crippen LogP contribution in [0.4, 0.5) is 0 Å². The van der Waals surface area contributed by atoms with Crippen molar-refractivity contribution < 1.29 is 8.42 Å². The fraction of sp³-hybridized carbons (Fsp3) is 0.250. The monoisotopic (exact) mass is 234 g/mol. The maximum absolute atomic E-state index is 10.9. The van der Waals surface area contributed by atoms with Gasteiger partial charge in [0.2, 0.25) is 0 Å². The number of hydrogen-bond acceptors (Lipinski definition) is 2. The molecule has 1 rings (SSSR count). The van der Waals surface area contributed by atoms with Gasteiger partial charge in [0.15, 0.2) is 0 Å². The molecule has 0 atom stereocenters. The van der Waals surface area contributed by atoms with E-state index in [-0.39, 0.29) is 6.54 Å². The van der Waals surface area contributed by atoms with E-state index < -0.39 is 10.2 Å². The quantitative estimate of drug-likeness (QED) is 0.847. The summed E-state index contributed by atoms with van der Waals surface area (Å²) in [6.45, 7) is 0.246. The highest BCUT2D eigenvalue weighted by Gasteiger charge is 2.11. The molecular formula is C8H11ClN2O2S. The van der Waals surface area contributed by atoms with E-state index in [0.717, 1.165) is 9.87 Å². The lowest BCUT2D eigenvalue weighted by atomic mass is 10.2. The SMILES string of the molecule is CN(Cc1ccc(Cl)cc1)S(N)(=O)=O. The molecule has 0 radical (unpaired) electrons. The molecule has 0 spiro atoms. The number of nitrogens with zero attached hydrogens (tertiary/aromatic N) is 1. The lowest BCUT2D eigenvalue weighted by Gasteiger charge is -2.13. The summed E-state index contributed by atoms with van der Waals surface area (Å²) in [6.07, 6.45) is 0. The Balaban J connectivity index is 2.75. The minimum Gasteiger partial charge on any atom is -0.216 e. The van der Waals surface area contributed by atoms with Gasteiger partial charge < -0.3 is 0 Å². The average Bonchev–Trinajstić information content (AvgIpc) is 2.07. The zero-order chi connectivity index (χ0) is 10.8. The van der Waals surface area contributed by atoms with E-state index in [1.165, 1.54) is 7.05 Å². The summed E-state index contributed by atoms with van der Waals surface area (Å²) in [5.41, 5.74) is 0.839. The molecule has 0 fully saturated rings. The Bertz CT molecular complexity index is 402. The second-order valence-electron chi connectivity index (χ2n) is 2.93. The molecule has 1 aromatic carbocycles. The van der Waals surface area contributed by atoms with Crippen molar-refractivity contribution in [3.05, 3.63) is 34.9 Å². The lowest BCUT2D eigenvalue weighted by molar-refractivity contribution is 0.468. The number of benzene rings is 1. The zero-order valence-corrected chi connectivity index (χ0v) is 9.22. The molecule has 1 aromatic rings. The smallest absolute Gasteiger partial charge is 0.216 e. The Morgan fingerprint density at radius 1 is 1.36 bits per heavy atom. The van der Waals surface area contributed by atoms with Crippen LogP contribution in [0.25, 0.3) is 0 Å². The second-order valence-corrected chi connectivity index (χ2v) is 5.02. The van der Waals surface area contributed by atoms with Gasteiger partial charge in [0.1, 0.15) is 0 Å². The average molecular weight is 235 g/mol. The fourth-order valence-electron chi connectivity index (χ4n) is 0.937. The number of nitrogens with two attached hydrogens (primary N) is 1. The molecule has 4 nitrogen and oxygen atoms in total. The van der Waals surface area contributed by atoms with Crippen molar-refractivity contribution in [2.75, 3.05) is 7.05 Å². The van der Waals surface area contributed by atoms with Crippen molar-refractivity contribution in [3.63, 3.8) is 0 Å². The molecule has 78 valence electrons. The molecule has 0 bridgehead atoms. The lowest BCUT2D eigenvalue weighted by Crippen LogP contribution is -2.32. The first kappa shape index (κ1) is 11.5. The van der Waals surface area contributed by atoms with Gasteiger partial charge in [0.25, 0.3) is 10.2 Å². The molecule has 0 saturated heterocycles. The van der Waals surface area contributed by atoms with Crippen LogP contribution in [0, 0.1) is 0 Å². The highest BCUT2D eigenvalue weighted by atomic mass is 35.5. The van der Waals surface area contributed by atoms with Crippen molar-refractivity contribution in [2.45, 2.75) is 6.54 Å². The van der Waals surface area contributed by atoms with E-state index in [1.54, 1.807) is 24.3 Å². The summed E-state index contributed by atoms with van der Waals surface area (Å²) in [6, 6.07) is 6.91. The molecule has 0 unspecified atom stereocenters. The predicted octanol–water partition coefficient (Wildman–Crippen LogP) is 0.975.